The number of ether oxygens (including phenoxy) is 1. The van der Waals surface area contributed by atoms with E-state index in [1.165, 1.54) is 24.2 Å². The molecule has 2 atom stereocenters. The summed E-state index contributed by atoms with van der Waals surface area (Å²) in [4.78, 5) is 18.5. The Morgan fingerprint density at radius 1 is 1.39 bits per heavy atom. The topological polar surface area (TPSA) is 131 Å². The molecule has 0 aliphatic carbocycles. The summed E-state index contributed by atoms with van der Waals surface area (Å²) in [7, 11) is -4.32. The molecule has 2 aliphatic heterocycles. The molecule has 2 saturated heterocycles. The van der Waals surface area contributed by atoms with Crippen LogP contribution in [0.2, 0.25) is 0 Å². The number of fused-ring (bicyclic) bond motifs is 1. The van der Waals surface area contributed by atoms with Gasteiger partial charge in [-0.3, -0.25) is 9.69 Å². The summed E-state index contributed by atoms with van der Waals surface area (Å²) < 4.78 is 59.9. The van der Waals surface area contributed by atoms with E-state index in [0.717, 1.165) is 4.31 Å². The monoisotopic (exact) mass is 435 g/mol. The van der Waals surface area contributed by atoms with Gasteiger partial charge >= 0.3 is 0 Å². The van der Waals surface area contributed by atoms with Crippen LogP contribution in [0.1, 0.15) is 12.8 Å². The van der Waals surface area contributed by atoms with Gasteiger partial charge in [0.15, 0.2) is 5.03 Å². The number of nitrogens with zero attached hydrogens (tertiary/aromatic N) is 4. The number of nitrogens with one attached hydrogen (secondary N) is 1. The lowest BCUT2D eigenvalue weighted by molar-refractivity contribution is -0.130. The minimum atomic E-state index is -3.81. The summed E-state index contributed by atoms with van der Waals surface area (Å²) in [6.45, 7) is 0.856. The molecular formula is C15H25N5O6S2. The number of aryl methyl sites for hydroxylation is 1. The van der Waals surface area contributed by atoms with Crippen LogP contribution in [0.4, 0.5) is 0 Å². The van der Waals surface area contributed by atoms with Crippen LogP contribution >= 0.6 is 0 Å². The zero-order chi connectivity index (χ0) is 20.5. The number of hydrogen-bond donors (Lipinski definition) is 1. The van der Waals surface area contributed by atoms with Crippen molar-refractivity contribution >= 4 is 26.0 Å². The van der Waals surface area contributed by atoms with Gasteiger partial charge in [0.1, 0.15) is 0 Å². The average molecular weight is 436 g/mol. The van der Waals surface area contributed by atoms with Crippen molar-refractivity contribution in [1.29, 1.82) is 0 Å². The van der Waals surface area contributed by atoms with Gasteiger partial charge in [-0.25, -0.2) is 30.8 Å². The number of carbonyl (C=O) groups excluding carboxylic acids is 1. The Labute approximate surface area is 164 Å². The molecule has 0 radical (unpaired) electrons. The summed E-state index contributed by atoms with van der Waals surface area (Å²) >= 11 is 0. The van der Waals surface area contributed by atoms with Crippen LogP contribution in [0.15, 0.2) is 17.6 Å². The maximum Gasteiger partial charge on any atom is 0.259 e. The van der Waals surface area contributed by atoms with Gasteiger partial charge in [-0.15, -0.1) is 0 Å². The zero-order valence-corrected chi connectivity index (χ0v) is 17.4. The third-order valence-corrected chi connectivity index (χ3v) is 8.03. The second-order valence-corrected chi connectivity index (χ2v) is 10.7. The van der Waals surface area contributed by atoms with Crippen LogP contribution < -0.4 is 4.72 Å². The zero-order valence-electron chi connectivity index (χ0n) is 15.8. The summed E-state index contributed by atoms with van der Waals surface area (Å²) in [5.74, 6) is -0.685. The van der Waals surface area contributed by atoms with Crippen LogP contribution in [0.5, 0.6) is 0 Å². The summed E-state index contributed by atoms with van der Waals surface area (Å²) in [6.07, 6.45) is 3.40. The van der Waals surface area contributed by atoms with E-state index in [-0.39, 0.29) is 36.8 Å². The SMILES string of the molecule is COCCCN1C(=O)[C@@H]2C[C@H](NS(=O)(=O)c3cn(C)cn3)CN2CCS1(=O)=O. The van der Waals surface area contributed by atoms with Gasteiger partial charge in [-0.2, -0.15) is 0 Å². The van der Waals surface area contributed by atoms with Crippen LogP contribution in [0.25, 0.3) is 0 Å². The molecule has 2 fully saturated rings. The fourth-order valence-electron chi connectivity index (χ4n) is 3.55. The predicted molar refractivity (Wildman–Crippen MR) is 99.3 cm³/mol. The van der Waals surface area contributed by atoms with Crippen LogP contribution in [0.3, 0.4) is 0 Å². The minimum absolute atomic E-state index is 0.0592. The van der Waals surface area contributed by atoms with E-state index in [1.54, 1.807) is 11.9 Å². The van der Waals surface area contributed by atoms with Crippen molar-refractivity contribution in [1.82, 2.24) is 23.5 Å². The largest absolute Gasteiger partial charge is 0.385 e. The molecule has 0 aromatic carbocycles. The number of carbonyl (C=O) groups is 1. The van der Waals surface area contributed by atoms with E-state index < -0.39 is 38.0 Å². The first-order valence-electron chi connectivity index (χ1n) is 8.91. The van der Waals surface area contributed by atoms with Gasteiger partial charge in [-0.05, 0) is 12.8 Å². The molecule has 3 heterocycles. The molecule has 28 heavy (non-hydrogen) atoms. The highest BCUT2D eigenvalue weighted by atomic mass is 32.2. The normalized spacial score (nSPS) is 25.6. The Morgan fingerprint density at radius 2 is 2.14 bits per heavy atom. The lowest BCUT2D eigenvalue weighted by Crippen LogP contribution is -2.44. The fourth-order valence-corrected chi connectivity index (χ4v) is 6.26. The lowest BCUT2D eigenvalue weighted by atomic mass is 10.1. The first-order chi connectivity index (χ1) is 13.1. The third-order valence-electron chi connectivity index (χ3n) is 4.89. The minimum Gasteiger partial charge on any atom is -0.385 e. The first-order valence-corrected chi connectivity index (χ1v) is 12.0. The van der Waals surface area contributed by atoms with Crippen LogP contribution in [0, 0.1) is 0 Å². The highest BCUT2D eigenvalue weighted by Gasteiger charge is 2.45. The Balaban J connectivity index is 1.72. The molecule has 1 aromatic rings. The Hall–Kier alpha value is -1.54. The molecule has 0 spiro atoms. The fraction of sp³-hybridized carbons (Fsp3) is 0.733. The second-order valence-electron chi connectivity index (χ2n) is 7.01. The number of rotatable bonds is 7. The quantitative estimate of drug-likeness (QED) is 0.504. The molecule has 11 nitrogen and oxygen atoms in total. The summed E-state index contributed by atoms with van der Waals surface area (Å²) in [5.41, 5.74) is 0. The van der Waals surface area contributed by atoms with Gasteiger partial charge in [0.05, 0.1) is 18.1 Å². The molecule has 1 amide bonds. The number of sulfonamides is 2. The van der Waals surface area contributed by atoms with Crippen molar-refractivity contribution in [3.05, 3.63) is 12.5 Å². The number of methoxy groups -OCH3 is 1. The molecule has 0 unspecified atom stereocenters. The number of imidazole rings is 1. The maximum absolute atomic E-state index is 12.9. The average Bonchev–Trinajstić information content (AvgIpc) is 3.20. The van der Waals surface area contributed by atoms with Crippen molar-refractivity contribution in [2.75, 3.05) is 39.1 Å². The van der Waals surface area contributed by atoms with Crippen LogP contribution in [-0.2, 0) is 36.6 Å². The van der Waals surface area contributed by atoms with Crippen molar-refractivity contribution in [3.63, 3.8) is 0 Å². The molecule has 2 aliphatic rings. The molecule has 0 saturated carbocycles. The molecule has 0 bridgehead atoms. The van der Waals surface area contributed by atoms with E-state index in [2.05, 4.69) is 9.71 Å². The summed E-state index contributed by atoms with van der Waals surface area (Å²) in [6, 6.07) is -1.17. The highest BCUT2D eigenvalue weighted by Crippen LogP contribution is 2.25. The van der Waals surface area contributed by atoms with Gasteiger partial charge in [-0.1, -0.05) is 0 Å². The van der Waals surface area contributed by atoms with Crippen molar-refractivity contribution < 1.29 is 26.4 Å². The van der Waals surface area contributed by atoms with E-state index in [4.69, 9.17) is 4.74 Å². The second kappa shape index (κ2) is 8.06. The van der Waals surface area contributed by atoms with Crippen molar-refractivity contribution in [2.45, 2.75) is 30.0 Å². The van der Waals surface area contributed by atoms with E-state index in [9.17, 15) is 21.6 Å². The number of hydrogen-bond acceptors (Lipinski definition) is 8. The van der Waals surface area contributed by atoms with Gasteiger partial charge in [0.2, 0.25) is 10.0 Å². The Morgan fingerprint density at radius 3 is 2.79 bits per heavy atom. The van der Waals surface area contributed by atoms with Gasteiger partial charge in [0.25, 0.3) is 15.9 Å². The number of amides is 1. The summed E-state index contributed by atoms with van der Waals surface area (Å²) in [5, 5.41) is -0.0906. The standard InChI is InChI=1S/C15H25N5O6S2/c1-18-10-14(16-11-18)28(24,25)17-12-8-13-15(21)20(4-3-6-26-2)27(22,23)7-5-19(13)9-12/h10-13,17H,3-9H2,1-2H3/t12-,13-/m0/s1. The maximum atomic E-state index is 12.9. The lowest BCUT2D eigenvalue weighted by Gasteiger charge is -2.23. The van der Waals surface area contributed by atoms with Gasteiger partial charge in [0, 0.05) is 52.6 Å². The molecule has 1 aromatic heterocycles. The molecule has 3 rings (SSSR count). The van der Waals surface area contributed by atoms with E-state index in [1.807, 2.05) is 0 Å². The predicted octanol–water partition coefficient (Wildman–Crippen LogP) is -1.65. The smallest absolute Gasteiger partial charge is 0.259 e. The highest BCUT2D eigenvalue weighted by molar-refractivity contribution is 7.89. The van der Waals surface area contributed by atoms with Crippen molar-refractivity contribution in [2.24, 2.45) is 7.05 Å². The third kappa shape index (κ3) is 4.38. The van der Waals surface area contributed by atoms with E-state index >= 15 is 0 Å². The van der Waals surface area contributed by atoms with Crippen LogP contribution in [-0.4, -0.2) is 92.7 Å². The van der Waals surface area contributed by atoms with Gasteiger partial charge < -0.3 is 9.30 Å². The molecule has 1 N–H and O–H groups in total. The molecular weight excluding hydrogens is 410 g/mol. The van der Waals surface area contributed by atoms with Crippen molar-refractivity contribution in [3.8, 4) is 0 Å². The molecule has 158 valence electrons. The Kier molecular flexibility index (Phi) is 6.10. The Bertz CT molecular complexity index is 928. The first kappa shape index (κ1) is 21.2. The number of aromatic nitrogens is 2. The van der Waals surface area contributed by atoms with E-state index in [0.29, 0.717) is 13.0 Å². The molecule has 13 heteroatoms.